The molecule has 3 aromatic rings. The number of hydrogen-bond acceptors (Lipinski definition) is 5. The molecule has 0 saturated carbocycles. The molecule has 0 radical (unpaired) electrons. The number of hydrogen-bond donors (Lipinski definition) is 3. The van der Waals surface area contributed by atoms with E-state index in [4.69, 9.17) is 0 Å². The van der Waals surface area contributed by atoms with Gasteiger partial charge < -0.3 is 5.32 Å². The van der Waals surface area contributed by atoms with Crippen LogP contribution in [0.3, 0.4) is 0 Å². The Kier molecular flexibility index (Phi) is 3.32. The van der Waals surface area contributed by atoms with Gasteiger partial charge in [-0.2, -0.15) is 0 Å². The number of benzene rings is 2. The zero-order valence-electron chi connectivity index (χ0n) is 13.1. The predicted octanol–water partition coefficient (Wildman–Crippen LogP) is 1.82. The second kappa shape index (κ2) is 5.42. The molecule has 3 N–H and O–H groups in total. The average molecular weight is 355 g/mol. The van der Waals surface area contributed by atoms with E-state index in [9.17, 15) is 13.2 Å². The number of carbonyl (C=O) groups is 1. The van der Waals surface area contributed by atoms with Crippen molar-refractivity contribution in [3.8, 4) is 0 Å². The molecule has 1 aliphatic heterocycles. The summed E-state index contributed by atoms with van der Waals surface area (Å²) in [5.41, 5.74) is 4.44. The molecule has 1 aliphatic rings. The summed E-state index contributed by atoms with van der Waals surface area (Å²) in [7, 11) is -3.40. The summed E-state index contributed by atoms with van der Waals surface area (Å²) in [6.07, 6.45) is 2.82. The Labute approximate surface area is 143 Å². The van der Waals surface area contributed by atoms with Gasteiger partial charge >= 0.3 is 0 Å². The van der Waals surface area contributed by atoms with E-state index in [2.05, 4.69) is 25.4 Å². The molecule has 0 fully saturated rings. The van der Waals surface area contributed by atoms with E-state index in [0.717, 1.165) is 22.9 Å². The van der Waals surface area contributed by atoms with E-state index >= 15 is 0 Å². The number of aromatic nitrogens is 3. The molecular formula is C16H13N5O3S. The SMILES string of the molecule is CS(=O)(=O)Nc1ccc2c(c1)/C(=C\c1ccc3nn[nH]c3c1)C(=O)N2. The Morgan fingerprint density at radius 3 is 2.80 bits per heavy atom. The second-order valence-electron chi connectivity index (χ2n) is 5.74. The highest BCUT2D eigenvalue weighted by Gasteiger charge is 2.24. The van der Waals surface area contributed by atoms with Crippen LogP contribution in [0.4, 0.5) is 11.4 Å². The molecule has 0 saturated heterocycles. The molecule has 1 aromatic heterocycles. The van der Waals surface area contributed by atoms with E-state index in [1.165, 1.54) is 0 Å². The number of nitrogens with zero attached hydrogens (tertiary/aromatic N) is 2. The van der Waals surface area contributed by atoms with Gasteiger partial charge in [-0.25, -0.2) is 8.42 Å². The fourth-order valence-corrected chi connectivity index (χ4v) is 3.28. The van der Waals surface area contributed by atoms with Crippen molar-refractivity contribution >= 4 is 50.0 Å². The van der Waals surface area contributed by atoms with Gasteiger partial charge in [-0.3, -0.25) is 14.6 Å². The number of fused-ring (bicyclic) bond motifs is 2. The summed E-state index contributed by atoms with van der Waals surface area (Å²) in [5, 5.41) is 13.2. The Balaban J connectivity index is 1.78. The van der Waals surface area contributed by atoms with Crippen molar-refractivity contribution in [2.24, 2.45) is 0 Å². The van der Waals surface area contributed by atoms with Gasteiger partial charge in [0.2, 0.25) is 10.0 Å². The molecule has 0 atom stereocenters. The third kappa shape index (κ3) is 2.96. The first-order chi connectivity index (χ1) is 11.9. The number of aromatic amines is 1. The summed E-state index contributed by atoms with van der Waals surface area (Å²) in [4.78, 5) is 12.3. The summed E-state index contributed by atoms with van der Waals surface area (Å²) < 4.78 is 25.2. The standard InChI is InChI=1S/C16H13N5O3S/c1-25(23,24)20-10-3-5-13-11(8-10)12(16(22)17-13)6-9-2-4-14-15(7-9)19-21-18-14/h2-8,20H,1H3,(H,17,22)(H,18,19,21)/b12-6+. The van der Waals surface area contributed by atoms with Gasteiger partial charge in [0.15, 0.2) is 0 Å². The molecule has 2 aromatic carbocycles. The molecule has 0 spiro atoms. The molecule has 126 valence electrons. The maximum absolute atomic E-state index is 12.3. The van der Waals surface area contributed by atoms with Gasteiger partial charge in [-0.05, 0) is 42.0 Å². The number of carbonyl (C=O) groups excluding carboxylic acids is 1. The number of rotatable bonds is 3. The zero-order chi connectivity index (χ0) is 17.6. The Bertz CT molecular complexity index is 1150. The Morgan fingerprint density at radius 1 is 1.16 bits per heavy atom. The van der Waals surface area contributed by atoms with Crippen LogP contribution in [0.25, 0.3) is 22.7 Å². The van der Waals surface area contributed by atoms with E-state index in [-0.39, 0.29) is 5.91 Å². The molecule has 8 nitrogen and oxygen atoms in total. The van der Waals surface area contributed by atoms with Gasteiger partial charge in [0, 0.05) is 22.5 Å². The number of nitrogens with one attached hydrogen (secondary N) is 3. The highest BCUT2D eigenvalue weighted by atomic mass is 32.2. The van der Waals surface area contributed by atoms with E-state index < -0.39 is 10.0 Å². The number of sulfonamides is 1. The highest BCUT2D eigenvalue weighted by molar-refractivity contribution is 7.92. The summed E-state index contributed by atoms with van der Waals surface area (Å²) in [6.45, 7) is 0. The molecule has 0 bridgehead atoms. The topological polar surface area (TPSA) is 117 Å². The summed E-state index contributed by atoms with van der Waals surface area (Å²) in [5.74, 6) is -0.241. The first-order valence-electron chi connectivity index (χ1n) is 7.35. The van der Waals surface area contributed by atoms with Gasteiger partial charge in [0.1, 0.15) is 5.52 Å². The average Bonchev–Trinajstić information content (AvgIpc) is 3.11. The van der Waals surface area contributed by atoms with Crippen LogP contribution in [0.1, 0.15) is 11.1 Å². The molecule has 1 amide bonds. The van der Waals surface area contributed by atoms with Crippen LogP contribution in [-0.2, 0) is 14.8 Å². The Hall–Kier alpha value is -3.20. The normalized spacial score (nSPS) is 15.4. The monoisotopic (exact) mass is 355 g/mol. The van der Waals surface area contributed by atoms with Crippen LogP contribution in [-0.4, -0.2) is 36.0 Å². The minimum atomic E-state index is -3.40. The first-order valence-corrected chi connectivity index (χ1v) is 9.24. The van der Waals surface area contributed by atoms with Crippen molar-refractivity contribution in [1.29, 1.82) is 0 Å². The highest BCUT2D eigenvalue weighted by Crippen LogP contribution is 2.35. The Morgan fingerprint density at radius 2 is 2.00 bits per heavy atom. The van der Waals surface area contributed by atoms with Crippen LogP contribution in [0, 0.1) is 0 Å². The lowest BCUT2D eigenvalue weighted by atomic mass is 10.0. The van der Waals surface area contributed by atoms with Crippen molar-refractivity contribution in [2.75, 3.05) is 16.3 Å². The maximum atomic E-state index is 12.3. The number of amides is 1. The van der Waals surface area contributed by atoms with Crippen LogP contribution in [0.5, 0.6) is 0 Å². The minimum Gasteiger partial charge on any atom is -0.321 e. The van der Waals surface area contributed by atoms with Crippen molar-refractivity contribution in [3.63, 3.8) is 0 Å². The van der Waals surface area contributed by atoms with Gasteiger partial charge in [-0.15, -0.1) is 5.10 Å². The second-order valence-corrected chi connectivity index (χ2v) is 7.48. The molecular weight excluding hydrogens is 342 g/mol. The zero-order valence-corrected chi connectivity index (χ0v) is 13.9. The third-order valence-electron chi connectivity index (χ3n) is 3.77. The largest absolute Gasteiger partial charge is 0.321 e. The van der Waals surface area contributed by atoms with E-state index in [1.54, 1.807) is 30.3 Å². The van der Waals surface area contributed by atoms with Gasteiger partial charge in [0.05, 0.1) is 11.8 Å². The molecule has 4 rings (SSSR count). The first kappa shape index (κ1) is 15.3. The van der Waals surface area contributed by atoms with Crippen LogP contribution in [0.2, 0.25) is 0 Å². The van der Waals surface area contributed by atoms with Gasteiger partial charge in [0.25, 0.3) is 5.91 Å². The van der Waals surface area contributed by atoms with Gasteiger partial charge in [-0.1, -0.05) is 11.3 Å². The molecule has 9 heteroatoms. The van der Waals surface area contributed by atoms with Crippen molar-refractivity contribution in [2.45, 2.75) is 0 Å². The van der Waals surface area contributed by atoms with Crippen molar-refractivity contribution < 1.29 is 13.2 Å². The molecule has 0 aliphatic carbocycles. The summed E-state index contributed by atoms with van der Waals surface area (Å²) >= 11 is 0. The maximum Gasteiger partial charge on any atom is 0.256 e. The molecule has 2 heterocycles. The molecule has 25 heavy (non-hydrogen) atoms. The number of H-pyrrole nitrogens is 1. The quantitative estimate of drug-likeness (QED) is 0.620. The van der Waals surface area contributed by atoms with Crippen LogP contribution in [0.15, 0.2) is 36.4 Å². The molecule has 0 unspecified atom stereocenters. The lowest BCUT2D eigenvalue weighted by molar-refractivity contribution is -0.110. The van der Waals surface area contributed by atoms with E-state index in [0.29, 0.717) is 22.5 Å². The van der Waals surface area contributed by atoms with Crippen LogP contribution >= 0.6 is 0 Å². The predicted molar refractivity (Wildman–Crippen MR) is 95.3 cm³/mol. The fraction of sp³-hybridized carbons (Fsp3) is 0.0625. The van der Waals surface area contributed by atoms with Crippen LogP contribution < -0.4 is 10.0 Å². The fourth-order valence-electron chi connectivity index (χ4n) is 2.73. The lowest BCUT2D eigenvalue weighted by Crippen LogP contribution is -2.09. The lowest BCUT2D eigenvalue weighted by Gasteiger charge is -2.06. The summed E-state index contributed by atoms with van der Waals surface area (Å²) in [6, 6.07) is 10.4. The number of anilines is 2. The minimum absolute atomic E-state index is 0.241. The third-order valence-corrected chi connectivity index (χ3v) is 4.37. The van der Waals surface area contributed by atoms with E-state index in [1.807, 2.05) is 12.1 Å². The van der Waals surface area contributed by atoms with Crippen molar-refractivity contribution in [3.05, 3.63) is 47.5 Å². The van der Waals surface area contributed by atoms with Crippen molar-refractivity contribution in [1.82, 2.24) is 15.4 Å². The smallest absolute Gasteiger partial charge is 0.256 e.